The first-order chi connectivity index (χ1) is 13.4. The number of nitrogens with zero attached hydrogens (tertiary/aromatic N) is 1. The standard InChI is InChI=1S/C22H21F2NO.C2H6/c1-5-26-17-12-19(23)21(20(24)13-17)22-18(16-9-7-6-8-10-16)11-14(2)15(3)25(22)4;1-2/h6-13H,3,5H2,1-2,4H3;1-2H3. The molecule has 28 heavy (non-hydrogen) atoms. The van der Waals surface area contributed by atoms with E-state index in [0.717, 1.165) is 16.7 Å². The van der Waals surface area contributed by atoms with Crippen molar-refractivity contribution in [3.8, 4) is 5.75 Å². The maximum Gasteiger partial charge on any atom is 0.139 e. The van der Waals surface area contributed by atoms with Crippen LogP contribution in [0.2, 0.25) is 0 Å². The number of ether oxygens (including phenoxy) is 1. The van der Waals surface area contributed by atoms with Crippen LogP contribution < -0.4 is 4.74 Å². The predicted octanol–water partition coefficient (Wildman–Crippen LogP) is 6.66. The smallest absolute Gasteiger partial charge is 0.139 e. The Balaban J connectivity index is 0.00000136. The lowest BCUT2D eigenvalue weighted by Crippen LogP contribution is -2.22. The molecule has 2 aromatic carbocycles. The fraction of sp³-hybridized carbons (Fsp3) is 0.250. The maximum absolute atomic E-state index is 14.9. The highest BCUT2D eigenvalue weighted by Crippen LogP contribution is 2.40. The third-order valence-electron chi connectivity index (χ3n) is 4.46. The molecule has 0 aromatic heterocycles. The molecule has 1 aliphatic rings. The molecule has 0 unspecified atom stereocenters. The van der Waals surface area contributed by atoms with Gasteiger partial charge in [0, 0.05) is 30.5 Å². The van der Waals surface area contributed by atoms with Gasteiger partial charge < -0.3 is 9.64 Å². The van der Waals surface area contributed by atoms with Gasteiger partial charge in [0.2, 0.25) is 0 Å². The van der Waals surface area contributed by atoms with Gasteiger partial charge in [0.15, 0.2) is 0 Å². The summed E-state index contributed by atoms with van der Waals surface area (Å²) in [5.74, 6) is -1.15. The van der Waals surface area contributed by atoms with Crippen molar-refractivity contribution >= 4 is 11.3 Å². The first-order valence-electron chi connectivity index (χ1n) is 9.47. The van der Waals surface area contributed by atoms with Crippen molar-refractivity contribution < 1.29 is 13.5 Å². The van der Waals surface area contributed by atoms with Gasteiger partial charge in [-0.05, 0) is 31.1 Å². The monoisotopic (exact) mass is 383 g/mol. The largest absolute Gasteiger partial charge is 0.494 e. The molecule has 0 saturated heterocycles. The molecule has 4 heteroatoms. The minimum absolute atomic E-state index is 0.0836. The molecule has 0 atom stereocenters. The Hall–Kier alpha value is -2.88. The average molecular weight is 383 g/mol. The van der Waals surface area contributed by atoms with E-state index < -0.39 is 11.6 Å². The van der Waals surface area contributed by atoms with E-state index in [4.69, 9.17) is 4.74 Å². The summed E-state index contributed by atoms with van der Waals surface area (Å²) in [4.78, 5) is 1.74. The summed E-state index contributed by atoms with van der Waals surface area (Å²) in [6, 6.07) is 12.0. The predicted molar refractivity (Wildman–Crippen MR) is 113 cm³/mol. The summed E-state index contributed by atoms with van der Waals surface area (Å²) in [6.45, 7) is 12.1. The van der Waals surface area contributed by atoms with Crippen molar-refractivity contribution in [1.82, 2.24) is 4.90 Å². The lowest BCUT2D eigenvalue weighted by atomic mass is 9.92. The zero-order valence-corrected chi connectivity index (χ0v) is 17.1. The summed E-state index contributed by atoms with van der Waals surface area (Å²) in [5.41, 5.74) is 3.65. The Labute approximate surface area is 166 Å². The minimum Gasteiger partial charge on any atom is -0.494 e. The number of allylic oxidation sites excluding steroid dienone is 3. The second-order valence-corrected chi connectivity index (χ2v) is 6.16. The number of hydrogen-bond acceptors (Lipinski definition) is 2. The number of benzene rings is 2. The van der Waals surface area contributed by atoms with E-state index in [2.05, 4.69) is 6.58 Å². The Morgan fingerprint density at radius 2 is 1.61 bits per heavy atom. The normalized spacial score (nSPS) is 13.8. The van der Waals surface area contributed by atoms with Crippen LogP contribution in [0.4, 0.5) is 8.78 Å². The minimum atomic E-state index is -0.663. The molecule has 0 N–H and O–H groups in total. The fourth-order valence-corrected chi connectivity index (χ4v) is 3.11. The van der Waals surface area contributed by atoms with Crippen LogP contribution in [0.3, 0.4) is 0 Å². The Morgan fingerprint density at radius 1 is 1.04 bits per heavy atom. The molecule has 3 rings (SSSR count). The third-order valence-corrected chi connectivity index (χ3v) is 4.46. The highest BCUT2D eigenvalue weighted by Gasteiger charge is 2.27. The lowest BCUT2D eigenvalue weighted by molar-refractivity contribution is 0.335. The zero-order chi connectivity index (χ0) is 20.8. The molecule has 2 nitrogen and oxygen atoms in total. The fourth-order valence-electron chi connectivity index (χ4n) is 3.11. The molecular formula is C24H27F2NO. The molecule has 2 aromatic rings. The molecular weight excluding hydrogens is 356 g/mol. The van der Waals surface area contributed by atoms with Crippen LogP contribution in [-0.4, -0.2) is 18.6 Å². The van der Waals surface area contributed by atoms with E-state index in [1.165, 1.54) is 12.1 Å². The van der Waals surface area contributed by atoms with E-state index in [-0.39, 0.29) is 11.3 Å². The van der Waals surface area contributed by atoms with E-state index in [0.29, 0.717) is 18.0 Å². The van der Waals surface area contributed by atoms with Crippen molar-refractivity contribution in [3.63, 3.8) is 0 Å². The van der Waals surface area contributed by atoms with Gasteiger partial charge in [-0.2, -0.15) is 0 Å². The van der Waals surface area contributed by atoms with Crippen LogP contribution in [0, 0.1) is 11.6 Å². The van der Waals surface area contributed by atoms with E-state index >= 15 is 0 Å². The van der Waals surface area contributed by atoms with Gasteiger partial charge in [0.25, 0.3) is 0 Å². The number of rotatable bonds is 4. The molecule has 148 valence electrons. The highest BCUT2D eigenvalue weighted by atomic mass is 19.1. The third kappa shape index (κ3) is 4.16. The first-order valence-corrected chi connectivity index (χ1v) is 9.47. The van der Waals surface area contributed by atoms with Gasteiger partial charge in [-0.3, -0.25) is 0 Å². The topological polar surface area (TPSA) is 12.5 Å². The number of likely N-dealkylation sites (N-methyl/N-ethyl adjacent to an activating group) is 1. The summed E-state index contributed by atoms with van der Waals surface area (Å²) in [6.07, 6.45) is 1.92. The number of hydrogen-bond donors (Lipinski definition) is 0. The number of halogens is 2. The molecule has 0 radical (unpaired) electrons. The highest BCUT2D eigenvalue weighted by molar-refractivity contribution is 5.97. The Bertz CT molecular complexity index is 890. The van der Waals surface area contributed by atoms with Crippen molar-refractivity contribution in [3.05, 3.63) is 89.2 Å². The van der Waals surface area contributed by atoms with Crippen molar-refractivity contribution in [2.75, 3.05) is 13.7 Å². The summed E-state index contributed by atoms with van der Waals surface area (Å²) in [5, 5.41) is 0. The Morgan fingerprint density at radius 3 is 2.14 bits per heavy atom. The lowest BCUT2D eigenvalue weighted by Gasteiger charge is -2.32. The molecule has 0 amide bonds. The quantitative estimate of drug-likeness (QED) is 0.585. The van der Waals surface area contributed by atoms with Crippen molar-refractivity contribution in [1.29, 1.82) is 0 Å². The molecule has 1 heterocycles. The maximum atomic E-state index is 14.9. The summed E-state index contributed by atoms with van der Waals surface area (Å²) in [7, 11) is 1.77. The van der Waals surface area contributed by atoms with Gasteiger partial charge in [-0.1, -0.05) is 50.8 Å². The van der Waals surface area contributed by atoms with Gasteiger partial charge in [-0.15, -0.1) is 0 Å². The van der Waals surface area contributed by atoms with E-state index in [1.54, 1.807) is 18.9 Å². The molecule has 1 aliphatic heterocycles. The van der Waals surface area contributed by atoms with Crippen molar-refractivity contribution in [2.45, 2.75) is 27.7 Å². The molecule has 0 aliphatic carbocycles. The van der Waals surface area contributed by atoms with Crippen LogP contribution in [0.25, 0.3) is 11.3 Å². The Kier molecular flexibility index (Phi) is 7.16. The molecule has 0 fully saturated rings. The van der Waals surface area contributed by atoms with Crippen LogP contribution >= 0.6 is 0 Å². The van der Waals surface area contributed by atoms with Crippen LogP contribution in [0.1, 0.15) is 38.8 Å². The van der Waals surface area contributed by atoms with Crippen LogP contribution in [0.5, 0.6) is 5.75 Å². The molecule has 0 bridgehead atoms. The van der Waals surface area contributed by atoms with Crippen LogP contribution in [0.15, 0.2) is 66.4 Å². The molecule has 0 spiro atoms. The van der Waals surface area contributed by atoms with E-state index in [1.807, 2.05) is 57.2 Å². The van der Waals surface area contributed by atoms with Gasteiger partial charge in [0.05, 0.1) is 17.9 Å². The summed E-state index contributed by atoms with van der Waals surface area (Å²) < 4.78 is 35.0. The second-order valence-electron chi connectivity index (χ2n) is 6.16. The van der Waals surface area contributed by atoms with Gasteiger partial charge in [0.1, 0.15) is 17.4 Å². The zero-order valence-electron chi connectivity index (χ0n) is 17.1. The van der Waals surface area contributed by atoms with E-state index in [9.17, 15) is 8.78 Å². The molecule has 0 saturated carbocycles. The summed E-state index contributed by atoms with van der Waals surface area (Å²) >= 11 is 0. The van der Waals surface area contributed by atoms with Crippen LogP contribution in [-0.2, 0) is 0 Å². The van der Waals surface area contributed by atoms with Crippen molar-refractivity contribution in [2.24, 2.45) is 0 Å². The van der Waals surface area contributed by atoms with Gasteiger partial charge in [-0.25, -0.2) is 8.78 Å². The van der Waals surface area contributed by atoms with Gasteiger partial charge >= 0.3 is 0 Å². The SMILES string of the molecule is C=C1C(C)=CC(c2ccccc2)=C(c2c(F)cc(OCC)cc2F)N1C.CC. The second kappa shape index (κ2) is 9.36. The average Bonchev–Trinajstić information content (AvgIpc) is 2.69. The first kappa shape index (κ1) is 21.4.